The van der Waals surface area contributed by atoms with Crippen LogP contribution in [0.25, 0.3) is 0 Å². The molecule has 0 N–H and O–H groups in total. The van der Waals surface area contributed by atoms with Gasteiger partial charge in [0.15, 0.2) is 12.7 Å². The summed E-state index contributed by atoms with van der Waals surface area (Å²) in [5.41, 5.74) is 0. The maximum atomic E-state index is 4.84. The van der Waals surface area contributed by atoms with E-state index in [0.717, 1.165) is 6.42 Å². The highest BCUT2D eigenvalue weighted by Gasteiger charge is 1.73. The Labute approximate surface area is 55.1 Å². The summed E-state index contributed by atoms with van der Waals surface area (Å²) in [6, 6.07) is 0. The molecule has 0 aromatic rings. The van der Waals surface area contributed by atoms with Gasteiger partial charge in [-0.1, -0.05) is 18.8 Å². The molecule has 48 valence electrons. The fourth-order valence-electron chi connectivity index (χ4n) is 0.195. The molecular formula is C7H8O2. The Balaban J connectivity index is 3.01. The zero-order chi connectivity index (χ0) is 6.95. The van der Waals surface area contributed by atoms with Gasteiger partial charge >= 0.3 is 0 Å². The lowest BCUT2D eigenvalue weighted by Crippen LogP contribution is -1.86. The van der Waals surface area contributed by atoms with Gasteiger partial charge in [0, 0.05) is 6.42 Å². The van der Waals surface area contributed by atoms with E-state index < -0.39 is 0 Å². The molecule has 0 saturated carbocycles. The van der Waals surface area contributed by atoms with E-state index in [1.54, 1.807) is 0 Å². The molecule has 0 bridgehead atoms. The van der Waals surface area contributed by atoms with Crippen LogP contribution in [-0.4, -0.2) is 6.61 Å². The smallest absolute Gasteiger partial charge is 0.157 e. The van der Waals surface area contributed by atoms with Gasteiger partial charge in [-0.2, -0.15) is 4.89 Å². The molecule has 0 fully saturated rings. The van der Waals surface area contributed by atoms with Crippen LogP contribution >= 0.6 is 0 Å². The van der Waals surface area contributed by atoms with Gasteiger partial charge in [-0.25, -0.2) is 0 Å². The largest absolute Gasteiger partial charge is 0.282 e. The van der Waals surface area contributed by atoms with Crippen molar-refractivity contribution >= 4 is 0 Å². The van der Waals surface area contributed by atoms with Crippen molar-refractivity contribution in [3.63, 3.8) is 0 Å². The molecular weight excluding hydrogens is 116 g/mol. The summed E-state index contributed by atoms with van der Waals surface area (Å²) in [5, 5.41) is 0. The van der Waals surface area contributed by atoms with Gasteiger partial charge in [0.25, 0.3) is 0 Å². The maximum absolute atomic E-state index is 4.84. The molecule has 0 heterocycles. The third-order valence-electron chi connectivity index (χ3n) is 0.492. The van der Waals surface area contributed by atoms with Crippen molar-refractivity contribution in [1.29, 1.82) is 0 Å². The predicted molar refractivity (Wildman–Crippen MR) is 33.9 cm³/mol. The summed E-state index contributed by atoms with van der Waals surface area (Å²) < 4.78 is 0. The van der Waals surface area contributed by atoms with Crippen molar-refractivity contribution in [3.8, 4) is 24.4 Å². The summed E-state index contributed by atoms with van der Waals surface area (Å²) >= 11 is 0. The van der Waals surface area contributed by atoms with Crippen LogP contribution in [0, 0.1) is 24.4 Å². The fraction of sp³-hybridized carbons (Fsp3) is 0.429. The fourth-order valence-corrected chi connectivity index (χ4v) is 0.195. The lowest BCUT2D eigenvalue weighted by molar-refractivity contribution is -0.224. The van der Waals surface area contributed by atoms with Gasteiger partial charge in [0.2, 0.25) is 0 Å². The third-order valence-corrected chi connectivity index (χ3v) is 0.492. The highest BCUT2D eigenvalue weighted by molar-refractivity contribution is 4.88. The zero-order valence-corrected chi connectivity index (χ0v) is 5.31. The van der Waals surface area contributed by atoms with E-state index in [-0.39, 0.29) is 6.61 Å². The lowest BCUT2D eigenvalue weighted by atomic mass is 10.5. The first-order valence-corrected chi connectivity index (χ1v) is 2.61. The van der Waals surface area contributed by atoms with Crippen LogP contribution in [-0.2, 0) is 9.78 Å². The summed E-state index contributed by atoms with van der Waals surface area (Å²) in [7, 11) is 0. The van der Waals surface area contributed by atoms with Gasteiger partial charge in [0.05, 0.1) is 0 Å². The summed E-state index contributed by atoms with van der Waals surface area (Å²) in [4.78, 5) is 8.69. The van der Waals surface area contributed by atoms with Crippen molar-refractivity contribution in [2.45, 2.75) is 13.3 Å². The van der Waals surface area contributed by atoms with Gasteiger partial charge < -0.3 is 0 Å². The molecule has 0 atom stereocenters. The van der Waals surface area contributed by atoms with E-state index in [2.05, 4.69) is 27.7 Å². The monoisotopic (exact) mass is 124 g/mol. The van der Waals surface area contributed by atoms with E-state index >= 15 is 0 Å². The van der Waals surface area contributed by atoms with E-state index in [9.17, 15) is 0 Å². The molecule has 0 spiro atoms. The molecule has 0 radical (unpaired) electrons. The molecule has 0 aromatic carbocycles. The minimum Gasteiger partial charge on any atom is -0.282 e. The molecule has 0 aromatic heterocycles. The first-order valence-electron chi connectivity index (χ1n) is 2.61. The van der Waals surface area contributed by atoms with Crippen molar-refractivity contribution < 1.29 is 9.78 Å². The average molecular weight is 124 g/mol. The van der Waals surface area contributed by atoms with Crippen LogP contribution in [0.5, 0.6) is 0 Å². The van der Waals surface area contributed by atoms with Crippen molar-refractivity contribution in [1.82, 2.24) is 0 Å². The topological polar surface area (TPSA) is 18.5 Å². The summed E-state index contributed by atoms with van der Waals surface area (Å²) in [6.45, 7) is 2.05. The molecule has 9 heavy (non-hydrogen) atoms. The Hall–Kier alpha value is -1.12. The van der Waals surface area contributed by atoms with Crippen LogP contribution in [0.15, 0.2) is 0 Å². The molecule has 2 nitrogen and oxygen atoms in total. The van der Waals surface area contributed by atoms with Gasteiger partial charge in [0.1, 0.15) is 0 Å². The number of rotatable bonds is 2. The Morgan fingerprint density at radius 1 is 1.56 bits per heavy atom. The second kappa shape index (κ2) is 6.88. The second-order valence-corrected chi connectivity index (χ2v) is 1.18. The molecule has 0 aliphatic heterocycles. The lowest BCUT2D eigenvalue weighted by Gasteiger charge is -1.87. The van der Waals surface area contributed by atoms with Crippen molar-refractivity contribution in [2.75, 3.05) is 6.61 Å². The summed E-state index contributed by atoms with van der Waals surface area (Å²) in [6.07, 6.45) is 7.89. The number of terminal acetylenes is 1. The first-order chi connectivity index (χ1) is 4.41. The van der Waals surface area contributed by atoms with Crippen molar-refractivity contribution in [3.05, 3.63) is 0 Å². The molecule has 0 unspecified atom stereocenters. The molecule has 0 aliphatic rings. The summed E-state index contributed by atoms with van der Waals surface area (Å²) in [5.74, 6) is 4.87. The van der Waals surface area contributed by atoms with Crippen LogP contribution in [0.2, 0.25) is 0 Å². The predicted octanol–water partition coefficient (Wildman–Crippen LogP) is 0.939. The molecule has 0 amide bonds. The zero-order valence-electron chi connectivity index (χ0n) is 5.31. The third kappa shape index (κ3) is 6.88. The van der Waals surface area contributed by atoms with Crippen LogP contribution < -0.4 is 0 Å². The average Bonchev–Trinajstić information content (AvgIpc) is 1.89. The number of hydrogen-bond acceptors (Lipinski definition) is 2. The van der Waals surface area contributed by atoms with Crippen LogP contribution in [0.1, 0.15) is 13.3 Å². The second-order valence-electron chi connectivity index (χ2n) is 1.18. The number of hydrogen-bond donors (Lipinski definition) is 0. The molecule has 0 saturated heterocycles. The Morgan fingerprint density at radius 3 is 2.89 bits per heavy atom. The SMILES string of the molecule is C#CCOOC#CCC. The highest BCUT2D eigenvalue weighted by atomic mass is 17.2. The quantitative estimate of drug-likeness (QED) is 0.236. The molecule has 0 rings (SSSR count). The first kappa shape index (κ1) is 7.88. The van der Waals surface area contributed by atoms with Crippen LogP contribution in [0.4, 0.5) is 0 Å². The van der Waals surface area contributed by atoms with Gasteiger partial charge in [-0.15, -0.1) is 6.42 Å². The Morgan fingerprint density at radius 2 is 2.33 bits per heavy atom. The minimum absolute atomic E-state index is 0.137. The normalized spacial score (nSPS) is 6.67. The standard InChI is InChI=1S/C7H8O2/c1-3-5-7-9-8-6-4-2/h2H,3,6H2,1H3. The molecule has 0 aliphatic carbocycles. The van der Waals surface area contributed by atoms with Crippen LogP contribution in [0.3, 0.4) is 0 Å². The van der Waals surface area contributed by atoms with Gasteiger partial charge in [-0.3, -0.25) is 4.89 Å². The minimum atomic E-state index is 0.137. The Bertz CT molecular complexity index is 145. The van der Waals surface area contributed by atoms with E-state index in [0.29, 0.717) is 0 Å². The Kier molecular flexibility index (Phi) is 6.02. The van der Waals surface area contributed by atoms with Gasteiger partial charge in [-0.05, 0) is 0 Å². The molecule has 2 heteroatoms. The van der Waals surface area contributed by atoms with E-state index in [1.807, 2.05) is 6.92 Å². The maximum Gasteiger partial charge on any atom is 0.157 e. The van der Waals surface area contributed by atoms with E-state index in [1.165, 1.54) is 0 Å². The van der Waals surface area contributed by atoms with Crippen molar-refractivity contribution in [2.24, 2.45) is 0 Å². The van der Waals surface area contributed by atoms with E-state index in [4.69, 9.17) is 6.42 Å². The highest BCUT2D eigenvalue weighted by Crippen LogP contribution is 1.73.